The van der Waals surface area contributed by atoms with E-state index in [2.05, 4.69) is 15.0 Å². The normalized spacial score (nSPS) is 11.0. The lowest BCUT2D eigenvalue weighted by atomic mass is 10.3. The maximum atomic E-state index is 12.6. The van der Waals surface area contributed by atoms with Gasteiger partial charge in [0.2, 0.25) is 0 Å². The van der Waals surface area contributed by atoms with Gasteiger partial charge in [0.1, 0.15) is 11.5 Å². The highest BCUT2D eigenvalue weighted by Crippen LogP contribution is 2.27. The number of rotatable bonds is 6. The van der Waals surface area contributed by atoms with Crippen LogP contribution in [0.1, 0.15) is 0 Å². The lowest BCUT2D eigenvalue weighted by Crippen LogP contribution is -2.14. The number of nitrogens with one attached hydrogen (secondary N) is 2. The zero-order valence-electron chi connectivity index (χ0n) is 13.9. The number of methoxy groups -OCH3 is 1. The standard InChI is InChI=1S/C18H17N3O4S/c1-25-15-7-9-16(10-8-15)26(23,24)21-17-6-3-11-19-18(17)20-13-4-2-5-14(22)12-13/h2-12,21-22H,1H3,(H,19,20). The van der Waals surface area contributed by atoms with Crippen molar-refractivity contribution in [1.29, 1.82) is 0 Å². The smallest absolute Gasteiger partial charge is 0.262 e. The van der Waals surface area contributed by atoms with E-state index in [-0.39, 0.29) is 16.3 Å². The van der Waals surface area contributed by atoms with E-state index in [4.69, 9.17) is 4.74 Å². The van der Waals surface area contributed by atoms with Gasteiger partial charge in [-0.25, -0.2) is 13.4 Å². The molecule has 0 bridgehead atoms. The summed E-state index contributed by atoms with van der Waals surface area (Å²) in [6, 6.07) is 15.7. The van der Waals surface area contributed by atoms with Crippen LogP contribution in [0.5, 0.6) is 11.5 Å². The SMILES string of the molecule is COc1ccc(S(=O)(=O)Nc2cccnc2Nc2cccc(O)c2)cc1. The Morgan fingerprint density at radius 1 is 1.04 bits per heavy atom. The second-order valence-corrected chi connectivity index (χ2v) is 7.04. The van der Waals surface area contributed by atoms with Gasteiger partial charge in [-0.3, -0.25) is 4.72 Å². The number of aromatic hydroxyl groups is 1. The minimum absolute atomic E-state index is 0.0892. The fourth-order valence-electron chi connectivity index (χ4n) is 2.27. The van der Waals surface area contributed by atoms with Crippen molar-refractivity contribution in [3.63, 3.8) is 0 Å². The van der Waals surface area contributed by atoms with Crippen LogP contribution < -0.4 is 14.8 Å². The Morgan fingerprint density at radius 3 is 2.50 bits per heavy atom. The molecule has 0 amide bonds. The van der Waals surface area contributed by atoms with Crippen molar-refractivity contribution in [3.8, 4) is 11.5 Å². The highest BCUT2D eigenvalue weighted by atomic mass is 32.2. The molecule has 26 heavy (non-hydrogen) atoms. The molecule has 0 aliphatic heterocycles. The fraction of sp³-hybridized carbons (Fsp3) is 0.0556. The number of anilines is 3. The van der Waals surface area contributed by atoms with Crippen LogP contribution in [0.3, 0.4) is 0 Å². The molecule has 1 aromatic heterocycles. The minimum Gasteiger partial charge on any atom is -0.508 e. The topological polar surface area (TPSA) is 101 Å². The molecule has 0 saturated heterocycles. The molecule has 0 radical (unpaired) electrons. The van der Waals surface area contributed by atoms with Crippen LogP contribution in [0.4, 0.5) is 17.2 Å². The summed E-state index contributed by atoms with van der Waals surface area (Å²) < 4.78 is 32.8. The van der Waals surface area contributed by atoms with Gasteiger partial charge in [-0.05, 0) is 48.5 Å². The van der Waals surface area contributed by atoms with E-state index in [0.717, 1.165) is 0 Å². The molecule has 3 aromatic rings. The average Bonchev–Trinajstić information content (AvgIpc) is 2.63. The summed E-state index contributed by atoms with van der Waals surface area (Å²) in [7, 11) is -2.29. The Kier molecular flexibility index (Phi) is 4.94. The average molecular weight is 371 g/mol. The first kappa shape index (κ1) is 17.6. The number of ether oxygens (including phenoxy) is 1. The van der Waals surface area contributed by atoms with Crippen LogP contribution in [-0.4, -0.2) is 25.6 Å². The van der Waals surface area contributed by atoms with Crippen molar-refractivity contribution in [2.24, 2.45) is 0 Å². The molecular weight excluding hydrogens is 354 g/mol. The third kappa shape index (κ3) is 4.04. The molecule has 0 aliphatic rings. The van der Waals surface area contributed by atoms with Gasteiger partial charge in [-0.15, -0.1) is 0 Å². The van der Waals surface area contributed by atoms with Crippen molar-refractivity contribution >= 4 is 27.2 Å². The molecule has 0 atom stereocenters. The number of hydrogen-bond donors (Lipinski definition) is 3. The van der Waals surface area contributed by atoms with Gasteiger partial charge in [0.25, 0.3) is 10.0 Å². The molecule has 2 aromatic carbocycles. The molecule has 0 saturated carbocycles. The Balaban J connectivity index is 1.87. The van der Waals surface area contributed by atoms with Crippen LogP contribution in [-0.2, 0) is 10.0 Å². The molecule has 0 unspecified atom stereocenters. The van der Waals surface area contributed by atoms with Crippen LogP contribution in [0, 0.1) is 0 Å². The van der Waals surface area contributed by atoms with Gasteiger partial charge in [-0.1, -0.05) is 6.07 Å². The molecule has 134 valence electrons. The number of nitrogens with zero attached hydrogens (tertiary/aromatic N) is 1. The van der Waals surface area contributed by atoms with E-state index >= 15 is 0 Å². The third-order valence-corrected chi connectivity index (χ3v) is 4.91. The second-order valence-electron chi connectivity index (χ2n) is 5.36. The van der Waals surface area contributed by atoms with E-state index in [0.29, 0.717) is 17.3 Å². The van der Waals surface area contributed by atoms with Crippen molar-refractivity contribution in [3.05, 3.63) is 66.9 Å². The van der Waals surface area contributed by atoms with Crippen LogP contribution >= 0.6 is 0 Å². The lowest BCUT2D eigenvalue weighted by molar-refractivity contribution is 0.414. The van der Waals surface area contributed by atoms with Gasteiger partial charge >= 0.3 is 0 Å². The first-order valence-electron chi connectivity index (χ1n) is 7.66. The molecular formula is C18H17N3O4S. The predicted molar refractivity (Wildman–Crippen MR) is 99.4 cm³/mol. The Labute approximate surface area is 151 Å². The van der Waals surface area contributed by atoms with Gasteiger partial charge in [0.05, 0.1) is 17.7 Å². The number of phenols is 1. The van der Waals surface area contributed by atoms with Gasteiger partial charge in [-0.2, -0.15) is 0 Å². The summed E-state index contributed by atoms with van der Waals surface area (Å²) in [6.07, 6.45) is 1.54. The van der Waals surface area contributed by atoms with E-state index < -0.39 is 10.0 Å². The molecule has 0 fully saturated rings. The first-order valence-corrected chi connectivity index (χ1v) is 9.14. The van der Waals surface area contributed by atoms with E-state index in [1.807, 2.05) is 0 Å². The summed E-state index contributed by atoms with van der Waals surface area (Å²) in [5.74, 6) is 0.970. The van der Waals surface area contributed by atoms with Crippen LogP contribution in [0.2, 0.25) is 0 Å². The molecule has 0 spiro atoms. The van der Waals surface area contributed by atoms with E-state index in [9.17, 15) is 13.5 Å². The van der Waals surface area contributed by atoms with E-state index in [1.54, 1.807) is 36.4 Å². The number of benzene rings is 2. The quantitative estimate of drug-likeness (QED) is 0.614. The highest BCUT2D eigenvalue weighted by Gasteiger charge is 2.16. The summed E-state index contributed by atoms with van der Waals surface area (Å²) in [4.78, 5) is 4.27. The van der Waals surface area contributed by atoms with Crippen LogP contribution in [0.25, 0.3) is 0 Å². The largest absolute Gasteiger partial charge is 0.508 e. The number of pyridine rings is 1. The van der Waals surface area contributed by atoms with Crippen molar-refractivity contribution in [2.75, 3.05) is 17.1 Å². The minimum atomic E-state index is -3.80. The van der Waals surface area contributed by atoms with Crippen molar-refractivity contribution in [1.82, 2.24) is 4.98 Å². The second kappa shape index (κ2) is 7.32. The summed E-state index contributed by atoms with van der Waals surface area (Å²) in [6.45, 7) is 0. The molecule has 3 rings (SSSR count). The number of phenolic OH excluding ortho intramolecular Hbond substituents is 1. The number of aromatic nitrogens is 1. The molecule has 7 nitrogen and oxygen atoms in total. The van der Waals surface area contributed by atoms with E-state index in [1.165, 1.54) is 37.6 Å². The Hall–Kier alpha value is -3.26. The summed E-state index contributed by atoms with van der Waals surface area (Å²) in [5, 5.41) is 12.5. The maximum Gasteiger partial charge on any atom is 0.262 e. The lowest BCUT2D eigenvalue weighted by Gasteiger charge is -2.13. The molecule has 1 heterocycles. The third-order valence-electron chi connectivity index (χ3n) is 3.53. The zero-order valence-corrected chi connectivity index (χ0v) is 14.7. The fourth-order valence-corrected chi connectivity index (χ4v) is 3.33. The predicted octanol–water partition coefficient (Wildman–Crippen LogP) is 3.34. The first-order chi connectivity index (χ1) is 12.5. The van der Waals surface area contributed by atoms with Gasteiger partial charge < -0.3 is 15.2 Å². The highest BCUT2D eigenvalue weighted by molar-refractivity contribution is 7.92. The molecule has 3 N–H and O–H groups in total. The monoisotopic (exact) mass is 371 g/mol. The Morgan fingerprint density at radius 2 is 1.81 bits per heavy atom. The zero-order chi connectivity index (χ0) is 18.6. The number of hydrogen-bond acceptors (Lipinski definition) is 6. The Bertz CT molecular complexity index is 1000. The van der Waals surface area contributed by atoms with Crippen molar-refractivity contribution < 1.29 is 18.3 Å². The summed E-state index contributed by atoms with van der Waals surface area (Å²) >= 11 is 0. The molecule has 8 heteroatoms. The molecule has 0 aliphatic carbocycles. The summed E-state index contributed by atoms with van der Waals surface area (Å²) in [5.41, 5.74) is 0.861. The van der Waals surface area contributed by atoms with Gasteiger partial charge in [0, 0.05) is 18.0 Å². The van der Waals surface area contributed by atoms with Crippen molar-refractivity contribution in [2.45, 2.75) is 4.90 Å². The van der Waals surface area contributed by atoms with Gasteiger partial charge in [0.15, 0.2) is 5.82 Å². The van der Waals surface area contributed by atoms with Crippen LogP contribution in [0.15, 0.2) is 71.8 Å². The number of sulfonamides is 1. The maximum absolute atomic E-state index is 12.6.